The van der Waals surface area contributed by atoms with Gasteiger partial charge < -0.3 is 56.8 Å². The lowest BCUT2D eigenvalue weighted by Gasteiger charge is -2.17. The molecule has 0 saturated carbocycles. The maximum absolute atomic E-state index is 13.0. The predicted molar refractivity (Wildman–Crippen MR) is 456 cm³/mol. The molecule has 0 aliphatic heterocycles. The first-order valence-corrected chi connectivity index (χ1v) is 37.9. The molecule has 28 heteroatoms. The number of hydrogen-bond acceptors (Lipinski definition) is 18. The van der Waals surface area contributed by atoms with Gasteiger partial charge in [-0.15, -0.1) is 0 Å². The van der Waals surface area contributed by atoms with Crippen molar-refractivity contribution in [2.24, 2.45) is 0 Å². The number of aromatic nitrogens is 6. The van der Waals surface area contributed by atoms with Crippen molar-refractivity contribution in [1.29, 1.82) is 0 Å². The number of rotatable bonds is 21. The molecule has 0 unspecified atom stereocenters. The molecule has 9 aromatic carbocycles. The SMILES string of the molecule is CCOC(=O)c1c[nH]c2ccccc2c1=O.CCOC(=O)c1cn(Cc2cccc(OC)c2)c2ccccc2c1=O.COc1cccc(Cn2cc(C(=O)N(C)OC)c(=O)c3ccccc32)c1.COc1cccc(Cn2cc(C(=O)O)c(=O)c3ccccc32)c1.COc1cccc(Cn2cc(C(=O)c3ccc(C(F)(F)F)nc3)c(=O)c3ccccc32)c1. The number of benzene rings is 9. The summed E-state index contributed by atoms with van der Waals surface area (Å²) in [4.78, 5) is 134. The number of aromatic carboxylic acids is 1. The fourth-order valence-electron chi connectivity index (χ4n) is 13.2. The number of ketones is 1. The van der Waals surface area contributed by atoms with Gasteiger partial charge in [-0.05, 0) is 157 Å². The molecular formula is C94H82F3N7O18. The quantitative estimate of drug-likeness (QED) is 0.0383. The Bertz CT molecular complexity index is 6720. The topological polar surface area (TPSA) is 307 Å². The second-order valence-corrected chi connectivity index (χ2v) is 27.0. The van der Waals surface area contributed by atoms with Crippen molar-refractivity contribution >= 4 is 84.1 Å². The molecule has 0 radical (unpaired) electrons. The van der Waals surface area contributed by atoms with Crippen molar-refractivity contribution in [2.75, 3.05) is 55.8 Å². The van der Waals surface area contributed by atoms with Crippen molar-refractivity contribution in [3.8, 4) is 23.0 Å². The van der Waals surface area contributed by atoms with Gasteiger partial charge in [0, 0.05) is 108 Å². The molecule has 6 heterocycles. The number of carboxylic acids is 1. The van der Waals surface area contributed by atoms with Crippen LogP contribution in [0.5, 0.6) is 23.0 Å². The second-order valence-electron chi connectivity index (χ2n) is 27.0. The van der Waals surface area contributed by atoms with Crippen molar-refractivity contribution in [2.45, 2.75) is 46.2 Å². The van der Waals surface area contributed by atoms with Gasteiger partial charge in [0.1, 0.15) is 50.9 Å². The number of amides is 1. The summed E-state index contributed by atoms with van der Waals surface area (Å²) in [7, 11) is 9.24. The summed E-state index contributed by atoms with van der Waals surface area (Å²) in [5.74, 6) is -0.681. The number of para-hydroxylation sites is 5. The Morgan fingerprint density at radius 3 is 1.11 bits per heavy atom. The number of halogens is 3. The Balaban J connectivity index is 0.000000151. The van der Waals surface area contributed by atoms with Crippen LogP contribution >= 0.6 is 0 Å². The van der Waals surface area contributed by atoms with Crippen LogP contribution in [0.4, 0.5) is 13.2 Å². The van der Waals surface area contributed by atoms with Gasteiger partial charge >= 0.3 is 24.1 Å². The fourth-order valence-corrected chi connectivity index (χ4v) is 13.2. The highest BCUT2D eigenvalue weighted by molar-refractivity contribution is 6.10. The van der Waals surface area contributed by atoms with Crippen LogP contribution in [-0.4, -0.2) is 124 Å². The summed E-state index contributed by atoms with van der Waals surface area (Å²) in [6.45, 7) is 5.69. The van der Waals surface area contributed by atoms with E-state index < -0.39 is 52.3 Å². The van der Waals surface area contributed by atoms with Gasteiger partial charge in [-0.25, -0.2) is 19.4 Å². The highest BCUT2D eigenvalue weighted by atomic mass is 19.4. The lowest BCUT2D eigenvalue weighted by molar-refractivity contribution is -0.141. The number of fused-ring (bicyclic) bond motifs is 5. The highest BCUT2D eigenvalue weighted by Gasteiger charge is 2.33. The maximum Gasteiger partial charge on any atom is 0.433 e. The number of aromatic amines is 1. The third-order valence-electron chi connectivity index (χ3n) is 19.3. The third-order valence-corrected chi connectivity index (χ3v) is 19.3. The Kier molecular flexibility index (Phi) is 28.9. The molecule has 0 fully saturated rings. The molecule has 622 valence electrons. The number of esters is 2. The van der Waals surface area contributed by atoms with Crippen LogP contribution < -0.4 is 46.1 Å². The van der Waals surface area contributed by atoms with Crippen molar-refractivity contribution in [1.82, 2.24) is 33.3 Å². The van der Waals surface area contributed by atoms with Gasteiger partial charge in [-0.3, -0.25) is 43.4 Å². The second kappa shape index (κ2) is 40.2. The van der Waals surface area contributed by atoms with E-state index in [-0.39, 0.29) is 62.9 Å². The number of nitrogens with zero attached hydrogens (tertiary/aromatic N) is 6. The molecule has 0 saturated heterocycles. The smallest absolute Gasteiger partial charge is 0.433 e. The number of carbonyl (C=O) groups excluding carboxylic acids is 4. The van der Waals surface area contributed by atoms with Crippen LogP contribution in [0.25, 0.3) is 54.5 Å². The average Bonchev–Trinajstić information content (AvgIpc) is 0.791. The number of hydrogen-bond donors (Lipinski definition) is 2. The van der Waals surface area contributed by atoms with Gasteiger partial charge in [0.05, 0.1) is 76.4 Å². The van der Waals surface area contributed by atoms with E-state index >= 15 is 0 Å². The minimum atomic E-state index is -4.62. The molecule has 0 spiro atoms. The van der Waals surface area contributed by atoms with E-state index in [1.807, 2.05) is 143 Å². The van der Waals surface area contributed by atoms with Gasteiger partial charge in [0.2, 0.25) is 27.1 Å². The number of H-pyrrole nitrogens is 1. The molecule has 0 aliphatic carbocycles. The molecule has 1 amide bonds. The Hall–Kier alpha value is -15.3. The van der Waals surface area contributed by atoms with Gasteiger partial charge in [0.25, 0.3) is 5.91 Å². The largest absolute Gasteiger partial charge is 0.497 e. The molecule has 2 N–H and O–H groups in total. The molecule has 0 bridgehead atoms. The number of carboxylic acid groups (broad SMARTS) is 1. The summed E-state index contributed by atoms with van der Waals surface area (Å²) >= 11 is 0. The molecule has 25 nitrogen and oxygen atoms in total. The van der Waals surface area contributed by atoms with Gasteiger partial charge in [0.15, 0.2) is 5.78 Å². The van der Waals surface area contributed by atoms with E-state index in [4.69, 9.17) is 33.3 Å². The number of ether oxygens (including phenoxy) is 6. The minimum Gasteiger partial charge on any atom is -0.497 e. The van der Waals surface area contributed by atoms with Crippen molar-refractivity contribution in [3.63, 3.8) is 0 Å². The number of hydroxylamine groups is 2. The van der Waals surface area contributed by atoms with Crippen LogP contribution in [0.2, 0.25) is 0 Å². The minimum absolute atomic E-state index is 0.0422. The summed E-state index contributed by atoms with van der Waals surface area (Å²) in [6.07, 6.45) is 3.60. The summed E-state index contributed by atoms with van der Waals surface area (Å²) in [5.41, 5.74) is 4.10. The Labute approximate surface area is 694 Å². The summed E-state index contributed by atoms with van der Waals surface area (Å²) in [5, 5.41) is 12.5. The van der Waals surface area contributed by atoms with Gasteiger partial charge in [-0.1, -0.05) is 109 Å². The van der Waals surface area contributed by atoms with E-state index in [2.05, 4.69) is 9.97 Å². The molecule has 15 rings (SSSR count). The van der Waals surface area contributed by atoms with E-state index in [0.717, 1.165) is 73.9 Å². The van der Waals surface area contributed by atoms with Crippen LogP contribution in [0.15, 0.2) is 292 Å². The number of methoxy groups -OCH3 is 4. The molecule has 122 heavy (non-hydrogen) atoms. The standard InChI is InChI=1S/C24H17F3N2O3.C20H20N2O4.C20H19NO4.C18H15NO4.C12H11NO3/c1-32-17-6-4-5-15(11-17)13-29-14-19(23(31)18-7-2-3-8-20(18)29)22(30)16-9-10-21(28-12-16)24(25,26)27;1-21(26-3)20(24)17-13-22(12-14-7-6-8-15(11-14)25-2)18-10-5-4-9-16(18)19(17)23;1-3-25-20(23)17-13-21(12-14-7-6-8-15(11-14)24-2)18-10-5-4-9-16(18)19(17)22;1-23-13-6-4-5-12(9-13)10-19-11-15(18(21)22)17(20)14-7-2-3-8-16(14)19;1-2-16-12(15)9-7-13-10-6-4-3-5-8(10)11(9)14/h2-12,14H,13H2,1H3;4-11,13H,12H2,1-3H3;4-11,13H,3,12H2,1-2H3;2-9,11H,10H2,1H3,(H,21,22);3-7H,2H2,1H3,(H,13,14). The monoisotopic (exact) mass is 1650 g/mol. The molecular weight excluding hydrogens is 1570 g/mol. The molecule has 0 atom stereocenters. The van der Waals surface area contributed by atoms with E-state index in [1.54, 1.807) is 149 Å². The zero-order valence-electron chi connectivity index (χ0n) is 67.4. The first-order valence-electron chi connectivity index (χ1n) is 37.9. The maximum atomic E-state index is 13.0. The number of pyridine rings is 6. The van der Waals surface area contributed by atoms with Gasteiger partial charge in [-0.2, -0.15) is 13.2 Å². The number of nitrogens with one attached hydrogen (secondary N) is 1. The fraction of sp³-hybridized carbons (Fsp3) is 0.160. The van der Waals surface area contributed by atoms with Crippen LogP contribution in [0, 0.1) is 0 Å². The van der Waals surface area contributed by atoms with E-state index in [0.29, 0.717) is 75.4 Å². The summed E-state index contributed by atoms with van der Waals surface area (Å²) in [6, 6.07) is 67.4. The van der Waals surface area contributed by atoms with Crippen molar-refractivity contribution in [3.05, 3.63) is 380 Å². The lowest BCUT2D eigenvalue weighted by Crippen LogP contribution is -2.31. The van der Waals surface area contributed by atoms with Crippen molar-refractivity contribution < 1.29 is 75.5 Å². The average molecular weight is 1650 g/mol. The lowest BCUT2D eigenvalue weighted by atomic mass is 10.0. The number of carbonyl (C=O) groups is 5. The predicted octanol–water partition coefficient (Wildman–Crippen LogP) is 15.1. The molecule has 6 aromatic heterocycles. The van der Waals surface area contributed by atoms with E-state index in [1.165, 1.54) is 32.7 Å². The Morgan fingerprint density at radius 1 is 0.410 bits per heavy atom. The van der Waals surface area contributed by atoms with Crippen LogP contribution in [0.1, 0.15) is 99.1 Å². The highest BCUT2D eigenvalue weighted by Crippen LogP contribution is 2.29. The Morgan fingerprint density at radius 2 is 0.746 bits per heavy atom. The van der Waals surface area contributed by atoms with Crippen LogP contribution in [0.3, 0.4) is 0 Å². The third kappa shape index (κ3) is 20.8. The zero-order valence-corrected chi connectivity index (χ0v) is 67.4. The zero-order chi connectivity index (χ0) is 87.3. The number of alkyl halides is 3. The van der Waals surface area contributed by atoms with E-state index in [9.17, 15) is 66.2 Å². The summed E-state index contributed by atoms with van der Waals surface area (Å²) < 4.78 is 76.5. The first-order chi connectivity index (χ1) is 58.8. The molecule has 15 aromatic rings. The first kappa shape index (κ1) is 87.5. The van der Waals surface area contributed by atoms with Crippen LogP contribution in [-0.2, 0) is 46.7 Å². The normalized spacial score (nSPS) is 10.8. The molecule has 0 aliphatic rings.